The van der Waals surface area contributed by atoms with Gasteiger partial charge in [0.1, 0.15) is 6.42 Å². The zero-order chi connectivity index (χ0) is 19.8. The summed E-state index contributed by atoms with van der Waals surface area (Å²) < 4.78 is 5.47. The van der Waals surface area contributed by atoms with E-state index >= 15 is 0 Å². The summed E-state index contributed by atoms with van der Waals surface area (Å²) in [6.45, 7) is 1.99. The summed E-state index contributed by atoms with van der Waals surface area (Å²) in [4.78, 5) is 23.9. The lowest BCUT2D eigenvalue weighted by atomic mass is 10.1. The quantitative estimate of drug-likeness (QED) is 0.354. The van der Waals surface area contributed by atoms with E-state index in [0.717, 1.165) is 12.0 Å². The van der Waals surface area contributed by atoms with E-state index in [1.165, 1.54) is 13.3 Å². The number of nitrogens with zero attached hydrogens (tertiary/aromatic N) is 1. The number of hydrogen-bond acceptors (Lipinski definition) is 5. The third-order valence-corrected chi connectivity index (χ3v) is 4.27. The number of amides is 2. The second-order valence-corrected chi connectivity index (χ2v) is 6.44. The maximum atomic E-state index is 12.0. The molecule has 2 aromatic rings. The lowest BCUT2D eigenvalue weighted by molar-refractivity contribution is -0.126. The van der Waals surface area contributed by atoms with Crippen LogP contribution >= 0.6 is 15.9 Å². The molecule has 0 spiro atoms. The maximum Gasteiger partial charge on any atom is 0.249 e. The number of aromatic hydroxyl groups is 1. The van der Waals surface area contributed by atoms with Gasteiger partial charge in [0.15, 0.2) is 11.5 Å². The number of carbonyl (C=O) groups is 2. The van der Waals surface area contributed by atoms with Crippen molar-refractivity contribution >= 4 is 39.6 Å². The van der Waals surface area contributed by atoms with Crippen molar-refractivity contribution in [3.63, 3.8) is 0 Å². The first-order chi connectivity index (χ1) is 12.9. The number of hydrazone groups is 1. The average molecular weight is 434 g/mol. The summed E-state index contributed by atoms with van der Waals surface area (Å²) in [5, 5.41) is 16.3. The van der Waals surface area contributed by atoms with Crippen molar-refractivity contribution < 1.29 is 19.4 Å². The first-order valence-corrected chi connectivity index (χ1v) is 9.00. The average Bonchev–Trinajstić information content (AvgIpc) is 2.64. The molecule has 0 bridgehead atoms. The predicted molar refractivity (Wildman–Crippen MR) is 107 cm³/mol. The van der Waals surface area contributed by atoms with Gasteiger partial charge < -0.3 is 15.2 Å². The van der Waals surface area contributed by atoms with Crippen LogP contribution in [0.3, 0.4) is 0 Å². The van der Waals surface area contributed by atoms with Crippen molar-refractivity contribution in [1.29, 1.82) is 0 Å². The molecule has 7 nitrogen and oxygen atoms in total. The fraction of sp³-hybridized carbons (Fsp3) is 0.211. The van der Waals surface area contributed by atoms with Gasteiger partial charge in [-0.1, -0.05) is 25.1 Å². The lowest BCUT2D eigenvalue weighted by Crippen LogP contribution is -2.25. The van der Waals surface area contributed by atoms with E-state index in [-0.39, 0.29) is 17.9 Å². The maximum absolute atomic E-state index is 12.0. The Morgan fingerprint density at radius 3 is 2.70 bits per heavy atom. The zero-order valence-electron chi connectivity index (χ0n) is 15.0. The number of benzene rings is 2. The van der Waals surface area contributed by atoms with Gasteiger partial charge >= 0.3 is 0 Å². The number of nitrogens with one attached hydrogen (secondary N) is 2. The lowest BCUT2D eigenvalue weighted by Gasteiger charge is -2.09. The van der Waals surface area contributed by atoms with Crippen LogP contribution in [0.4, 0.5) is 5.69 Å². The second-order valence-electron chi connectivity index (χ2n) is 5.58. The molecule has 142 valence electrons. The molecule has 2 rings (SSSR count). The summed E-state index contributed by atoms with van der Waals surface area (Å²) in [7, 11) is 1.43. The number of para-hydroxylation sites is 1. The van der Waals surface area contributed by atoms with Gasteiger partial charge in [0.05, 0.1) is 17.8 Å². The highest BCUT2D eigenvalue weighted by atomic mass is 79.9. The minimum atomic E-state index is -0.539. The fourth-order valence-electron chi connectivity index (χ4n) is 2.33. The van der Waals surface area contributed by atoms with Gasteiger partial charge in [0.2, 0.25) is 11.8 Å². The molecule has 27 heavy (non-hydrogen) atoms. The molecule has 0 aliphatic heterocycles. The summed E-state index contributed by atoms with van der Waals surface area (Å²) in [5.41, 5.74) is 4.59. The van der Waals surface area contributed by atoms with E-state index in [1.54, 1.807) is 18.2 Å². The Kier molecular flexibility index (Phi) is 7.36. The largest absolute Gasteiger partial charge is 0.503 e. The number of ether oxygens (including phenoxy) is 1. The summed E-state index contributed by atoms with van der Waals surface area (Å²) >= 11 is 3.20. The molecule has 3 N–H and O–H groups in total. The smallest absolute Gasteiger partial charge is 0.249 e. The Morgan fingerprint density at radius 2 is 2.00 bits per heavy atom. The van der Waals surface area contributed by atoms with Gasteiger partial charge in [-0.25, -0.2) is 5.43 Å². The van der Waals surface area contributed by atoms with Crippen LogP contribution in [0.2, 0.25) is 0 Å². The Morgan fingerprint density at radius 1 is 1.26 bits per heavy atom. The van der Waals surface area contributed by atoms with Gasteiger partial charge in [-0.05, 0) is 51.7 Å². The van der Waals surface area contributed by atoms with Crippen molar-refractivity contribution in [1.82, 2.24) is 5.43 Å². The van der Waals surface area contributed by atoms with Crippen LogP contribution in [0.25, 0.3) is 0 Å². The van der Waals surface area contributed by atoms with Crippen LogP contribution in [-0.4, -0.2) is 30.2 Å². The first kappa shape index (κ1) is 20.4. The van der Waals surface area contributed by atoms with E-state index in [9.17, 15) is 14.7 Å². The van der Waals surface area contributed by atoms with Crippen LogP contribution in [0.15, 0.2) is 46.0 Å². The third kappa shape index (κ3) is 5.82. The number of aryl methyl sites for hydroxylation is 1. The predicted octanol–water partition coefficient (Wildman–Crippen LogP) is 3.20. The Bertz CT molecular complexity index is 868. The number of methoxy groups -OCH3 is 1. The number of phenolic OH excluding ortho intramolecular Hbond substituents is 1. The Labute approximate surface area is 165 Å². The summed E-state index contributed by atoms with van der Waals surface area (Å²) in [6, 6.07) is 10.6. The minimum absolute atomic E-state index is 0.0253. The van der Waals surface area contributed by atoms with Gasteiger partial charge in [-0.15, -0.1) is 0 Å². The van der Waals surface area contributed by atoms with E-state index in [1.807, 2.05) is 25.1 Å². The molecule has 0 heterocycles. The monoisotopic (exact) mass is 433 g/mol. The molecule has 0 saturated carbocycles. The molecule has 0 saturated heterocycles. The summed E-state index contributed by atoms with van der Waals surface area (Å²) in [6.07, 6.45) is 1.81. The highest BCUT2D eigenvalue weighted by Gasteiger charge is 2.11. The van der Waals surface area contributed by atoms with E-state index in [0.29, 0.717) is 15.7 Å². The van der Waals surface area contributed by atoms with Gasteiger partial charge in [-0.3, -0.25) is 9.59 Å². The molecule has 0 aliphatic carbocycles. The molecule has 2 aromatic carbocycles. The molecule has 0 aliphatic rings. The number of hydrogen-bond donors (Lipinski definition) is 3. The fourth-order valence-corrected chi connectivity index (χ4v) is 2.79. The molecular formula is C19H20BrN3O4. The zero-order valence-corrected chi connectivity index (χ0v) is 16.5. The number of rotatable bonds is 7. The third-order valence-electron chi connectivity index (χ3n) is 3.67. The van der Waals surface area contributed by atoms with Crippen molar-refractivity contribution in [3.05, 3.63) is 52.0 Å². The highest BCUT2D eigenvalue weighted by molar-refractivity contribution is 9.10. The number of carbonyl (C=O) groups excluding carboxylic acids is 2. The minimum Gasteiger partial charge on any atom is -0.503 e. The second kappa shape index (κ2) is 9.72. The van der Waals surface area contributed by atoms with Crippen molar-refractivity contribution in [3.8, 4) is 11.5 Å². The topological polar surface area (TPSA) is 100 Å². The molecule has 0 fully saturated rings. The molecule has 0 atom stereocenters. The number of halogens is 1. The molecule has 8 heteroatoms. The van der Waals surface area contributed by atoms with E-state index in [2.05, 4.69) is 31.8 Å². The highest BCUT2D eigenvalue weighted by Crippen LogP contribution is 2.34. The molecule has 2 amide bonds. The molecule has 0 radical (unpaired) electrons. The normalized spacial score (nSPS) is 10.6. The number of phenols is 1. The van der Waals surface area contributed by atoms with Gasteiger partial charge in [-0.2, -0.15) is 5.10 Å². The molecular weight excluding hydrogens is 414 g/mol. The molecule has 0 aromatic heterocycles. The van der Waals surface area contributed by atoms with Gasteiger partial charge in [0.25, 0.3) is 0 Å². The van der Waals surface area contributed by atoms with Crippen molar-refractivity contribution in [2.24, 2.45) is 5.10 Å². The van der Waals surface area contributed by atoms with Crippen molar-refractivity contribution in [2.75, 3.05) is 12.4 Å². The van der Waals surface area contributed by atoms with E-state index < -0.39 is 11.8 Å². The van der Waals surface area contributed by atoms with Crippen LogP contribution < -0.4 is 15.5 Å². The van der Waals surface area contributed by atoms with Crippen LogP contribution in [0, 0.1) is 0 Å². The summed E-state index contributed by atoms with van der Waals surface area (Å²) in [5.74, 6) is -0.714. The van der Waals surface area contributed by atoms with Gasteiger partial charge in [0, 0.05) is 5.69 Å². The number of anilines is 1. The van der Waals surface area contributed by atoms with Crippen LogP contribution in [0.1, 0.15) is 24.5 Å². The first-order valence-electron chi connectivity index (χ1n) is 8.20. The van der Waals surface area contributed by atoms with Crippen LogP contribution in [0.5, 0.6) is 11.5 Å². The van der Waals surface area contributed by atoms with Crippen molar-refractivity contribution in [2.45, 2.75) is 19.8 Å². The Hall–Kier alpha value is -2.87. The molecule has 0 unspecified atom stereocenters. The van der Waals surface area contributed by atoms with E-state index in [4.69, 9.17) is 4.74 Å². The Balaban J connectivity index is 1.91. The SMILES string of the molecule is CCc1ccccc1NC(=O)CC(=O)N/N=C/c1cc(Br)c(O)c(OC)c1. The standard InChI is InChI=1S/C19H20BrN3O4/c1-3-13-6-4-5-7-15(13)22-17(24)10-18(25)23-21-11-12-8-14(20)19(26)16(9-12)27-2/h4-9,11,26H,3,10H2,1-2H3,(H,22,24)(H,23,25)/b21-11+. The van der Waals surface area contributed by atoms with Crippen LogP contribution in [-0.2, 0) is 16.0 Å².